The molecule has 2 N–H and O–H groups in total. The Morgan fingerprint density at radius 3 is 2.09 bits per heavy atom. The summed E-state index contributed by atoms with van der Waals surface area (Å²) in [5, 5.41) is 12.8. The maximum absolute atomic E-state index is 9.45. The van der Waals surface area contributed by atoms with Crippen molar-refractivity contribution in [3.8, 4) is 17.2 Å². The Hall–Kier alpha value is -1.21. The van der Waals surface area contributed by atoms with Crippen molar-refractivity contribution in [2.24, 2.45) is 0 Å². The number of methoxy groups -OCH3 is 3. The van der Waals surface area contributed by atoms with E-state index in [4.69, 9.17) is 14.2 Å². The van der Waals surface area contributed by atoms with Gasteiger partial charge in [0.05, 0.1) is 21.3 Å². The van der Waals surface area contributed by atoms with Crippen molar-refractivity contribution in [3.05, 3.63) is 17.7 Å². The molecular formula is C16H27ClN2O4. The summed E-state index contributed by atoms with van der Waals surface area (Å²) < 4.78 is 16.2. The Labute approximate surface area is 144 Å². The fraction of sp³-hybridized carbons (Fsp3) is 0.625. The van der Waals surface area contributed by atoms with Crippen molar-refractivity contribution in [1.82, 2.24) is 10.2 Å². The fourth-order valence-corrected chi connectivity index (χ4v) is 2.97. The molecule has 0 saturated carbocycles. The van der Waals surface area contributed by atoms with E-state index >= 15 is 0 Å². The number of rotatable bonds is 7. The van der Waals surface area contributed by atoms with E-state index in [2.05, 4.69) is 10.2 Å². The first-order chi connectivity index (χ1) is 10.7. The zero-order chi connectivity index (χ0) is 15.9. The number of nitrogens with zero attached hydrogens (tertiary/aromatic N) is 1. The van der Waals surface area contributed by atoms with E-state index in [9.17, 15) is 5.11 Å². The number of piperazine rings is 1. The molecule has 7 heteroatoms. The third kappa shape index (κ3) is 4.64. The molecule has 132 valence electrons. The number of nitrogens with one attached hydrogen (secondary N) is 1. The van der Waals surface area contributed by atoms with Gasteiger partial charge in [-0.25, -0.2) is 0 Å². The molecule has 1 aromatic rings. The van der Waals surface area contributed by atoms with Crippen molar-refractivity contribution >= 4 is 12.4 Å². The van der Waals surface area contributed by atoms with Crippen molar-refractivity contribution in [2.75, 3.05) is 54.1 Å². The molecule has 1 aliphatic heterocycles. The summed E-state index contributed by atoms with van der Waals surface area (Å²) in [5.74, 6) is 1.89. The van der Waals surface area contributed by atoms with Gasteiger partial charge < -0.3 is 24.6 Å². The van der Waals surface area contributed by atoms with Gasteiger partial charge in [-0.15, -0.1) is 12.4 Å². The number of aliphatic hydroxyl groups is 1. The van der Waals surface area contributed by atoms with E-state index in [1.54, 1.807) is 21.3 Å². The molecule has 1 aliphatic rings. The second-order valence-corrected chi connectivity index (χ2v) is 5.27. The number of halogens is 1. The van der Waals surface area contributed by atoms with Crippen LogP contribution < -0.4 is 19.5 Å². The van der Waals surface area contributed by atoms with Crippen molar-refractivity contribution < 1.29 is 19.3 Å². The first-order valence-electron chi connectivity index (χ1n) is 7.60. The number of aliphatic hydroxyl groups excluding tert-OH is 1. The third-order valence-corrected chi connectivity index (χ3v) is 4.07. The molecule has 0 radical (unpaired) electrons. The normalized spacial score (nSPS) is 16.3. The van der Waals surface area contributed by atoms with Crippen LogP contribution in [0.15, 0.2) is 12.1 Å². The van der Waals surface area contributed by atoms with Crippen molar-refractivity contribution in [3.63, 3.8) is 0 Å². The molecule has 0 aliphatic carbocycles. The quantitative estimate of drug-likeness (QED) is 0.779. The summed E-state index contributed by atoms with van der Waals surface area (Å²) in [6.07, 6.45) is 0.679. The summed E-state index contributed by atoms with van der Waals surface area (Å²) in [5.41, 5.74) is 1.07. The molecule has 1 aromatic carbocycles. The molecule has 0 spiro atoms. The SMILES string of the molecule is COc1cc([C@@H](CCO)N2CCNCC2)cc(OC)c1OC.Cl. The topological polar surface area (TPSA) is 63.2 Å². The molecule has 2 rings (SSSR count). The first kappa shape index (κ1) is 19.8. The predicted octanol–water partition coefficient (Wildman–Crippen LogP) is 1.46. The molecule has 23 heavy (non-hydrogen) atoms. The summed E-state index contributed by atoms with van der Waals surface area (Å²) in [6, 6.07) is 4.09. The van der Waals surface area contributed by atoms with E-state index < -0.39 is 0 Å². The second kappa shape index (κ2) is 9.82. The van der Waals surface area contributed by atoms with Gasteiger partial charge in [0.2, 0.25) is 5.75 Å². The highest BCUT2D eigenvalue weighted by Gasteiger charge is 2.24. The van der Waals surface area contributed by atoms with Gasteiger partial charge in [-0.2, -0.15) is 0 Å². The number of hydrogen-bond acceptors (Lipinski definition) is 6. The van der Waals surface area contributed by atoms with E-state index in [1.165, 1.54) is 0 Å². The highest BCUT2D eigenvalue weighted by Crippen LogP contribution is 2.41. The van der Waals surface area contributed by atoms with Crippen molar-refractivity contribution in [2.45, 2.75) is 12.5 Å². The van der Waals surface area contributed by atoms with Crippen LogP contribution in [0.1, 0.15) is 18.0 Å². The lowest BCUT2D eigenvalue weighted by molar-refractivity contribution is 0.140. The first-order valence-corrected chi connectivity index (χ1v) is 7.60. The van der Waals surface area contributed by atoms with Gasteiger partial charge in [-0.05, 0) is 24.1 Å². The van der Waals surface area contributed by atoms with E-state index in [0.29, 0.717) is 23.7 Å². The lowest BCUT2D eigenvalue weighted by Gasteiger charge is -2.35. The van der Waals surface area contributed by atoms with Crippen LogP contribution in [0.5, 0.6) is 17.2 Å². The molecule has 1 atom stereocenters. The van der Waals surface area contributed by atoms with Crippen LogP contribution in [0.4, 0.5) is 0 Å². The van der Waals surface area contributed by atoms with Crippen LogP contribution in [-0.2, 0) is 0 Å². The Balaban J connectivity index is 0.00000264. The molecule has 0 bridgehead atoms. The third-order valence-electron chi connectivity index (χ3n) is 4.07. The van der Waals surface area contributed by atoms with Crippen LogP contribution in [0.2, 0.25) is 0 Å². The summed E-state index contributed by atoms with van der Waals surface area (Å²) in [7, 11) is 4.83. The minimum atomic E-state index is 0. The summed E-state index contributed by atoms with van der Waals surface area (Å²) in [4.78, 5) is 2.38. The molecule has 1 heterocycles. The van der Waals surface area contributed by atoms with Crippen LogP contribution in [0.25, 0.3) is 0 Å². The predicted molar refractivity (Wildman–Crippen MR) is 92.2 cm³/mol. The Kier molecular flexibility index (Phi) is 8.47. The Morgan fingerprint density at radius 1 is 1.09 bits per heavy atom. The van der Waals surface area contributed by atoms with E-state index in [0.717, 1.165) is 31.7 Å². The largest absolute Gasteiger partial charge is 0.493 e. The van der Waals surface area contributed by atoms with E-state index in [-0.39, 0.29) is 25.1 Å². The van der Waals surface area contributed by atoms with Crippen LogP contribution in [-0.4, -0.2) is 64.1 Å². The zero-order valence-electron chi connectivity index (χ0n) is 14.0. The molecule has 0 unspecified atom stereocenters. The van der Waals surface area contributed by atoms with Crippen molar-refractivity contribution in [1.29, 1.82) is 0 Å². The van der Waals surface area contributed by atoms with Crippen LogP contribution >= 0.6 is 12.4 Å². The fourth-order valence-electron chi connectivity index (χ4n) is 2.97. The smallest absolute Gasteiger partial charge is 0.203 e. The average Bonchev–Trinajstić information content (AvgIpc) is 2.59. The monoisotopic (exact) mass is 346 g/mol. The van der Waals surface area contributed by atoms with Gasteiger partial charge in [0.1, 0.15) is 0 Å². The van der Waals surface area contributed by atoms with Gasteiger partial charge >= 0.3 is 0 Å². The lowest BCUT2D eigenvalue weighted by atomic mass is 10.00. The Morgan fingerprint density at radius 2 is 1.65 bits per heavy atom. The average molecular weight is 347 g/mol. The lowest BCUT2D eigenvalue weighted by Crippen LogP contribution is -2.45. The second-order valence-electron chi connectivity index (χ2n) is 5.27. The summed E-state index contributed by atoms with van der Waals surface area (Å²) in [6.45, 7) is 3.99. The molecular weight excluding hydrogens is 320 g/mol. The maximum atomic E-state index is 9.45. The number of ether oxygens (including phenoxy) is 3. The van der Waals surface area contributed by atoms with Gasteiger partial charge in [0, 0.05) is 38.8 Å². The standard InChI is InChI=1S/C16H26N2O4.ClH/c1-20-14-10-12(11-15(21-2)16(14)22-3)13(4-9-19)18-7-5-17-6-8-18;/h10-11,13,17,19H,4-9H2,1-3H3;1H/t13-;/m1./s1. The minimum Gasteiger partial charge on any atom is -0.493 e. The van der Waals surface area contributed by atoms with Crippen LogP contribution in [0, 0.1) is 0 Å². The van der Waals surface area contributed by atoms with E-state index in [1.807, 2.05) is 12.1 Å². The number of hydrogen-bond donors (Lipinski definition) is 2. The van der Waals surface area contributed by atoms with Crippen LogP contribution in [0.3, 0.4) is 0 Å². The zero-order valence-corrected chi connectivity index (χ0v) is 14.8. The van der Waals surface area contributed by atoms with Gasteiger partial charge in [-0.3, -0.25) is 4.90 Å². The van der Waals surface area contributed by atoms with Gasteiger partial charge in [0.15, 0.2) is 11.5 Å². The van der Waals surface area contributed by atoms with Gasteiger partial charge in [0.25, 0.3) is 0 Å². The molecule has 1 fully saturated rings. The highest BCUT2D eigenvalue weighted by molar-refractivity contribution is 5.85. The summed E-state index contributed by atoms with van der Waals surface area (Å²) >= 11 is 0. The molecule has 0 aromatic heterocycles. The minimum absolute atomic E-state index is 0. The van der Waals surface area contributed by atoms with Gasteiger partial charge in [-0.1, -0.05) is 0 Å². The highest BCUT2D eigenvalue weighted by atomic mass is 35.5. The molecule has 1 saturated heterocycles. The Bertz CT molecular complexity index is 456. The maximum Gasteiger partial charge on any atom is 0.203 e. The number of benzene rings is 1. The molecule has 6 nitrogen and oxygen atoms in total. The molecule has 0 amide bonds.